The van der Waals surface area contributed by atoms with E-state index in [4.69, 9.17) is 0 Å². The molecule has 0 aliphatic heterocycles. The first-order chi connectivity index (χ1) is 7.00. The molecule has 0 aromatic carbocycles. The van der Waals surface area contributed by atoms with Gasteiger partial charge in [-0.3, -0.25) is 0 Å². The fraction of sp³-hybridized carbons (Fsp3) is 0.286. The Hall–Kier alpha value is -1.30. The van der Waals surface area contributed by atoms with E-state index in [0.717, 1.165) is 25.7 Å². The van der Waals surface area contributed by atoms with Crippen LogP contribution >= 0.6 is 0 Å². The summed E-state index contributed by atoms with van der Waals surface area (Å²) in [5, 5.41) is 0. The van der Waals surface area contributed by atoms with E-state index in [1.807, 2.05) is 0 Å². The van der Waals surface area contributed by atoms with Gasteiger partial charge in [0.1, 0.15) is 0 Å². The summed E-state index contributed by atoms with van der Waals surface area (Å²) in [7, 11) is 0. The van der Waals surface area contributed by atoms with Gasteiger partial charge in [-0.1, -0.05) is 60.8 Å². The molecular formula is C14H18. The molecule has 0 atom stereocenters. The van der Waals surface area contributed by atoms with Gasteiger partial charge in [0.2, 0.25) is 0 Å². The van der Waals surface area contributed by atoms with Crippen LogP contribution < -0.4 is 0 Å². The highest BCUT2D eigenvalue weighted by Crippen LogP contribution is 1.97. The maximum absolute atomic E-state index is 2.24. The number of hydrogen-bond acceptors (Lipinski definition) is 0. The molecule has 0 heteroatoms. The molecule has 0 nitrogen and oxygen atoms in total. The smallest absolute Gasteiger partial charge is 0.0163 e. The van der Waals surface area contributed by atoms with Crippen LogP contribution in [-0.4, -0.2) is 0 Å². The van der Waals surface area contributed by atoms with E-state index in [1.165, 1.54) is 0 Å². The zero-order valence-corrected chi connectivity index (χ0v) is 8.60. The average Bonchev–Trinajstić information content (AvgIpc) is 2.22. The van der Waals surface area contributed by atoms with Gasteiger partial charge in [-0.2, -0.15) is 0 Å². The third-order valence-corrected chi connectivity index (χ3v) is 1.98. The van der Waals surface area contributed by atoms with Crippen LogP contribution in [0.15, 0.2) is 60.8 Å². The van der Waals surface area contributed by atoms with Crippen molar-refractivity contribution in [2.24, 2.45) is 0 Å². The molecule has 14 heavy (non-hydrogen) atoms. The number of hydrogen-bond donors (Lipinski definition) is 0. The molecule has 0 N–H and O–H groups in total. The highest BCUT2D eigenvalue weighted by molar-refractivity contribution is 5.10. The third-order valence-electron chi connectivity index (χ3n) is 1.98. The first-order valence-electron chi connectivity index (χ1n) is 5.28. The van der Waals surface area contributed by atoms with Crippen LogP contribution in [0, 0.1) is 0 Å². The fourth-order valence-corrected chi connectivity index (χ4v) is 1.21. The van der Waals surface area contributed by atoms with E-state index in [1.54, 1.807) is 0 Å². The Labute approximate surface area is 87.0 Å². The van der Waals surface area contributed by atoms with Gasteiger partial charge in [0.05, 0.1) is 0 Å². The summed E-state index contributed by atoms with van der Waals surface area (Å²) in [6, 6.07) is 0. The van der Waals surface area contributed by atoms with E-state index in [2.05, 4.69) is 60.8 Å². The maximum atomic E-state index is 2.24. The van der Waals surface area contributed by atoms with Gasteiger partial charge in [0, 0.05) is 0 Å². The molecular weight excluding hydrogens is 168 g/mol. The fourth-order valence-electron chi connectivity index (χ4n) is 1.21. The summed E-state index contributed by atoms with van der Waals surface area (Å²) >= 11 is 0. The van der Waals surface area contributed by atoms with Crippen molar-refractivity contribution in [1.29, 1.82) is 0 Å². The monoisotopic (exact) mass is 186 g/mol. The predicted octanol–water partition coefficient (Wildman–Crippen LogP) is 4.34. The zero-order valence-electron chi connectivity index (χ0n) is 8.60. The Bertz CT molecular complexity index is 262. The van der Waals surface area contributed by atoms with Crippen LogP contribution in [0.2, 0.25) is 0 Å². The second-order valence-electron chi connectivity index (χ2n) is 3.23. The molecule has 1 rings (SSSR count). The van der Waals surface area contributed by atoms with E-state index < -0.39 is 0 Å². The molecule has 1 aliphatic carbocycles. The molecule has 0 saturated carbocycles. The van der Waals surface area contributed by atoms with Crippen molar-refractivity contribution in [2.75, 3.05) is 0 Å². The first kappa shape index (κ1) is 10.8. The van der Waals surface area contributed by atoms with Crippen molar-refractivity contribution in [1.82, 2.24) is 0 Å². The summed E-state index contributed by atoms with van der Waals surface area (Å²) in [6.45, 7) is 0. The highest BCUT2D eigenvalue weighted by Gasteiger charge is 1.76. The van der Waals surface area contributed by atoms with Gasteiger partial charge >= 0.3 is 0 Å². The lowest BCUT2D eigenvalue weighted by Crippen LogP contribution is -1.66. The largest absolute Gasteiger partial charge is 0.0879 e. The summed E-state index contributed by atoms with van der Waals surface area (Å²) in [5.74, 6) is 0. The Morgan fingerprint density at radius 3 is 1.64 bits per heavy atom. The standard InChI is InChI=1S/C14H18/c1-2-4-6-8-10-12-14-13-11-9-7-5-3-1/h1-4,7-11,13H,5-6,12,14H2/b3-1+,4-2-,9-7?,10-8+,13-11?. The van der Waals surface area contributed by atoms with E-state index in [0.29, 0.717) is 0 Å². The lowest BCUT2D eigenvalue weighted by Gasteiger charge is -1.87. The van der Waals surface area contributed by atoms with E-state index in [9.17, 15) is 0 Å². The molecule has 0 saturated heterocycles. The minimum atomic E-state index is 1.02. The Balaban J connectivity index is 2.45. The molecule has 0 heterocycles. The molecule has 0 aromatic heterocycles. The predicted molar refractivity (Wildman–Crippen MR) is 64.2 cm³/mol. The minimum absolute atomic E-state index is 1.02. The van der Waals surface area contributed by atoms with Crippen molar-refractivity contribution >= 4 is 0 Å². The molecule has 74 valence electrons. The second kappa shape index (κ2) is 8.31. The Kier molecular flexibility index (Phi) is 6.39. The summed E-state index contributed by atoms with van der Waals surface area (Å²) < 4.78 is 0. The lowest BCUT2D eigenvalue weighted by molar-refractivity contribution is 1.04. The molecule has 0 amide bonds. The van der Waals surface area contributed by atoms with Gasteiger partial charge in [0.25, 0.3) is 0 Å². The molecule has 0 spiro atoms. The zero-order chi connectivity index (χ0) is 9.90. The summed E-state index contributed by atoms with van der Waals surface area (Å²) in [4.78, 5) is 0. The third kappa shape index (κ3) is 6.24. The highest BCUT2D eigenvalue weighted by atomic mass is 13.8. The van der Waals surface area contributed by atoms with Gasteiger partial charge in [-0.05, 0) is 25.7 Å². The second-order valence-corrected chi connectivity index (χ2v) is 3.23. The topological polar surface area (TPSA) is 0 Å². The van der Waals surface area contributed by atoms with Crippen LogP contribution in [-0.2, 0) is 0 Å². The maximum Gasteiger partial charge on any atom is -0.0163 e. The first-order valence-corrected chi connectivity index (χ1v) is 5.28. The van der Waals surface area contributed by atoms with Crippen LogP contribution in [0.3, 0.4) is 0 Å². The Morgan fingerprint density at radius 1 is 0.429 bits per heavy atom. The van der Waals surface area contributed by atoms with Crippen molar-refractivity contribution in [3.63, 3.8) is 0 Å². The van der Waals surface area contributed by atoms with Crippen molar-refractivity contribution in [3.8, 4) is 0 Å². The quantitative estimate of drug-likeness (QED) is 0.494. The normalized spacial score (nSPS) is 25.1. The lowest BCUT2D eigenvalue weighted by atomic mass is 10.2. The minimum Gasteiger partial charge on any atom is -0.0879 e. The van der Waals surface area contributed by atoms with E-state index in [-0.39, 0.29) is 0 Å². The van der Waals surface area contributed by atoms with Crippen LogP contribution in [0.5, 0.6) is 0 Å². The van der Waals surface area contributed by atoms with Crippen molar-refractivity contribution < 1.29 is 0 Å². The van der Waals surface area contributed by atoms with Crippen molar-refractivity contribution in [2.45, 2.75) is 25.7 Å². The number of rotatable bonds is 0. The average molecular weight is 186 g/mol. The van der Waals surface area contributed by atoms with Gasteiger partial charge in [-0.15, -0.1) is 0 Å². The Morgan fingerprint density at radius 2 is 0.929 bits per heavy atom. The van der Waals surface area contributed by atoms with Crippen molar-refractivity contribution in [3.05, 3.63) is 60.8 Å². The van der Waals surface area contributed by atoms with Crippen LogP contribution in [0.25, 0.3) is 0 Å². The summed E-state index contributed by atoms with van der Waals surface area (Å²) in [5.41, 5.74) is 0. The molecule has 0 bridgehead atoms. The SMILES string of the molecule is C1=CC/C=C/C=C\C/C=C/CCC=C1. The summed E-state index contributed by atoms with van der Waals surface area (Å²) in [6.07, 6.45) is 26.0. The van der Waals surface area contributed by atoms with Gasteiger partial charge in [0.15, 0.2) is 0 Å². The molecule has 0 fully saturated rings. The molecule has 1 aliphatic rings. The van der Waals surface area contributed by atoms with Gasteiger partial charge in [-0.25, -0.2) is 0 Å². The van der Waals surface area contributed by atoms with Crippen LogP contribution in [0.1, 0.15) is 25.7 Å². The molecule has 0 aromatic rings. The molecule has 0 radical (unpaired) electrons. The van der Waals surface area contributed by atoms with Gasteiger partial charge < -0.3 is 0 Å². The van der Waals surface area contributed by atoms with Crippen LogP contribution in [0.4, 0.5) is 0 Å². The number of allylic oxidation sites excluding steroid dienone is 10. The van der Waals surface area contributed by atoms with E-state index >= 15 is 0 Å². The molecule has 0 unspecified atom stereocenters.